The van der Waals surface area contributed by atoms with Crippen LogP contribution in [0.1, 0.15) is 76.0 Å². The summed E-state index contributed by atoms with van der Waals surface area (Å²) in [6, 6.07) is 0. The molecule has 0 amide bonds. The highest BCUT2D eigenvalue weighted by Gasteiger charge is 2.22. The summed E-state index contributed by atoms with van der Waals surface area (Å²) in [6.45, 7) is 13.3. The second-order valence-electron chi connectivity index (χ2n) is 5.62. The molecule has 3 nitrogen and oxygen atoms in total. The molecule has 1 aromatic heterocycles. The standard InChI is InChI=1S/C15H26N2O/c1-9(2)12-8-17-15(18-16-7)14(11(5)6)13(12)10(3)4/h8-11,16H,1-7H3. The second kappa shape index (κ2) is 6.19. The molecular formula is C15H26N2O. The van der Waals surface area contributed by atoms with Crippen molar-refractivity contribution >= 4 is 0 Å². The second-order valence-corrected chi connectivity index (χ2v) is 5.62. The minimum Gasteiger partial charge on any atom is -0.388 e. The maximum atomic E-state index is 5.46. The van der Waals surface area contributed by atoms with Gasteiger partial charge in [-0.2, -0.15) is 5.48 Å². The molecule has 1 rings (SSSR count). The summed E-state index contributed by atoms with van der Waals surface area (Å²) < 4.78 is 0. The van der Waals surface area contributed by atoms with Crippen LogP contribution in [0.15, 0.2) is 6.20 Å². The fourth-order valence-electron chi connectivity index (χ4n) is 2.38. The van der Waals surface area contributed by atoms with Gasteiger partial charge in [0.1, 0.15) is 0 Å². The van der Waals surface area contributed by atoms with Crippen molar-refractivity contribution in [1.82, 2.24) is 10.5 Å². The van der Waals surface area contributed by atoms with Crippen LogP contribution in [-0.4, -0.2) is 12.0 Å². The van der Waals surface area contributed by atoms with Crippen molar-refractivity contribution in [3.05, 3.63) is 22.9 Å². The van der Waals surface area contributed by atoms with E-state index in [0.717, 1.165) is 0 Å². The van der Waals surface area contributed by atoms with Crippen LogP contribution in [0.4, 0.5) is 0 Å². The minimum absolute atomic E-state index is 0.400. The molecule has 1 aromatic rings. The lowest BCUT2D eigenvalue weighted by atomic mass is 9.85. The molecule has 3 heteroatoms. The summed E-state index contributed by atoms with van der Waals surface area (Å²) in [5, 5.41) is 0. The van der Waals surface area contributed by atoms with Gasteiger partial charge in [0.25, 0.3) is 0 Å². The molecule has 0 fully saturated rings. The Morgan fingerprint density at radius 3 is 1.89 bits per heavy atom. The Labute approximate surface area is 111 Å². The number of hydroxylamine groups is 1. The third-order valence-corrected chi connectivity index (χ3v) is 3.13. The number of pyridine rings is 1. The maximum absolute atomic E-state index is 5.46. The summed E-state index contributed by atoms with van der Waals surface area (Å²) in [4.78, 5) is 9.93. The fourth-order valence-corrected chi connectivity index (χ4v) is 2.38. The lowest BCUT2D eigenvalue weighted by Gasteiger charge is -2.23. The minimum atomic E-state index is 0.400. The van der Waals surface area contributed by atoms with Crippen LogP contribution in [0.5, 0.6) is 5.88 Å². The van der Waals surface area contributed by atoms with Crippen molar-refractivity contribution < 1.29 is 4.84 Å². The van der Waals surface area contributed by atoms with E-state index in [1.165, 1.54) is 16.7 Å². The van der Waals surface area contributed by atoms with Crippen molar-refractivity contribution in [3.8, 4) is 5.88 Å². The van der Waals surface area contributed by atoms with Gasteiger partial charge in [-0.05, 0) is 28.9 Å². The molecule has 0 radical (unpaired) electrons. The molecule has 0 bridgehead atoms. The Morgan fingerprint density at radius 1 is 0.944 bits per heavy atom. The van der Waals surface area contributed by atoms with E-state index in [2.05, 4.69) is 52.0 Å². The number of aromatic nitrogens is 1. The Morgan fingerprint density at radius 2 is 1.50 bits per heavy atom. The highest BCUT2D eigenvalue weighted by Crippen LogP contribution is 2.37. The summed E-state index contributed by atoms with van der Waals surface area (Å²) >= 11 is 0. The highest BCUT2D eigenvalue weighted by atomic mass is 16.6. The molecule has 18 heavy (non-hydrogen) atoms. The monoisotopic (exact) mass is 250 g/mol. The Hall–Kier alpha value is -1.09. The molecule has 0 unspecified atom stereocenters. The molecule has 0 saturated heterocycles. The van der Waals surface area contributed by atoms with Crippen LogP contribution in [0.3, 0.4) is 0 Å². The molecule has 0 spiro atoms. The van der Waals surface area contributed by atoms with Gasteiger partial charge in [-0.3, -0.25) is 0 Å². The first kappa shape index (κ1) is 15.0. The molecular weight excluding hydrogens is 224 g/mol. The quantitative estimate of drug-likeness (QED) is 0.803. The molecule has 0 aliphatic rings. The Balaban J connectivity index is 3.49. The van der Waals surface area contributed by atoms with Gasteiger partial charge in [0.05, 0.1) is 0 Å². The fraction of sp³-hybridized carbons (Fsp3) is 0.667. The van der Waals surface area contributed by atoms with E-state index < -0.39 is 0 Å². The zero-order valence-electron chi connectivity index (χ0n) is 12.7. The number of nitrogens with zero attached hydrogens (tertiary/aromatic N) is 1. The lowest BCUT2D eigenvalue weighted by molar-refractivity contribution is 0.210. The van der Waals surface area contributed by atoms with E-state index in [1.54, 1.807) is 7.05 Å². The van der Waals surface area contributed by atoms with E-state index in [9.17, 15) is 0 Å². The largest absolute Gasteiger partial charge is 0.388 e. The molecule has 0 aromatic carbocycles. The van der Waals surface area contributed by atoms with E-state index in [4.69, 9.17) is 4.84 Å². The van der Waals surface area contributed by atoms with Crippen molar-refractivity contribution in [2.45, 2.75) is 59.3 Å². The first-order valence-corrected chi connectivity index (χ1v) is 6.76. The number of nitrogens with one attached hydrogen (secondary N) is 1. The summed E-state index contributed by atoms with van der Waals surface area (Å²) in [5.74, 6) is 2.07. The number of rotatable bonds is 5. The van der Waals surface area contributed by atoms with Gasteiger partial charge < -0.3 is 4.84 Å². The highest BCUT2D eigenvalue weighted by molar-refractivity contribution is 5.45. The average molecular weight is 250 g/mol. The summed E-state index contributed by atoms with van der Waals surface area (Å²) in [6.07, 6.45) is 1.96. The van der Waals surface area contributed by atoms with E-state index >= 15 is 0 Å². The van der Waals surface area contributed by atoms with E-state index in [1.807, 2.05) is 6.20 Å². The third kappa shape index (κ3) is 3.02. The van der Waals surface area contributed by atoms with Crippen LogP contribution in [0.2, 0.25) is 0 Å². The van der Waals surface area contributed by atoms with Crippen LogP contribution in [0, 0.1) is 0 Å². The molecule has 1 heterocycles. The summed E-state index contributed by atoms with van der Waals surface area (Å²) in [5.41, 5.74) is 6.68. The predicted octanol–water partition coefficient (Wildman–Crippen LogP) is 3.97. The van der Waals surface area contributed by atoms with Gasteiger partial charge in [0.2, 0.25) is 5.88 Å². The molecule has 0 atom stereocenters. The van der Waals surface area contributed by atoms with Gasteiger partial charge in [-0.25, -0.2) is 4.98 Å². The Kier molecular flexibility index (Phi) is 5.15. The van der Waals surface area contributed by atoms with Crippen molar-refractivity contribution in [2.75, 3.05) is 7.05 Å². The van der Waals surface area contributed by atoms with Crippen molar-refractivity contribution in [3.63, 3.8) is 0 Å². The molecule has 1 N–H and O–H groups in total. The van der Waals surface area contributed by atoms with Gasteiger partial charge in [-0.15, -0.1) is 0 Å². The van der Waals surface area contributed by atoms with E-state index in [-0.39, 0.29) is 0 Å². The third-order valence-electron chi connectivity index (χ3n) is 3.13. The van der Waals surface area contributed by atoms with Gasteiger partial charge in [0, 0.05) is 18.8 Å². The van der Waals surface area contributed by atoms with Crippen molar-refractivity contribution in [2.24, 2.45) is 0 Å². The smallest absolute Gasteiger partial charge is 0.241 e. The van der Waals surface area contributed by atoms with Crippen LogP contribution in [0.25, 0.3) is 0 Å². The SMILES string of the molecule is CNOc1ncc(C(C)C)c(C(C)C)c1C(C)C. The van der Waals surface area contributed by atoms with Crippen LogP contribution in [-0.2, 0) is 0 Å². The lowest BCUT2D eigenvalue weighted by Crippen LogP contribution is -2.17. The predicted molar refractivity (Wildman–Crippen MR) is 76.2 cm³/mol. The van der Waals surface area contributed by atoms with Gasteiger partial charge in [-0.1, -0.05) is 41.5 Å². The molecule has 0 saturated carbocycles. The number of hydrogen-bond acceptors (Lipinski definition) is 3. The van der Waals surface area contributed by atoms with Crippen LogP contribution < -0.4 is 10.3 Å². The van der Waals surface area contributed by atoms with Gasteiger partial charge >= 0.3 is 0 Å². The Bertz CT molecular complexity index is 398. The maximum Gasteiger partial charge on any atom is 0.241 e. The van der Waals surface area contributed by atoms with Crippen LogP contribution >= 0.6 is 0 Å². The van der Waals surface area contributed by atoms with Gasteiger partial charge in [0.15, 0.2) is 0 Å². The molecule has 0 aliphatic carbocycles. The first-order valence-electron chi connectivity index (χ1n) is 6.76. The zero-order chi connectivity index (χ0) is 13.9. The normalized spacial score (nSPS) is 11.7. The number of hydrogen-bond donors (Lipinski definition) is 1. The first-order chi connectivity index (χ1) is 8.40. The molecule has 102 valence electrons. The topological polar surface area (TPSA) is 34.1 Å². The average Bonchev–Trinajstić information content (AvgIpc) is 2.27. The molecule has 0 aliphatic heterocycles. The zero-order valence-corrected chi connectivity index (χ0v) is 12.7. The summed E-state index contributed by atoms with van der Waals surface area (Å²) in [7, 11) is 1.76. The van der Waals surface area contributed by atoms with Crippen molar-refractivity contribution in [1.29, 1.82) is 0 Å². The van der Waals surface area contributed by atoms with E-state index in [0.29, 0.717) is 23.6 Å².